The van der Waals surface area contributed by atoms with E-state index in [0.29, 0.717) is 12.1 Å². The van der Waals surface area contributed by atoms with Crippen molar-refractivity contribution in [2.24, 2.45) is 0 Å². The number of hydrogen-bond acceptors (Lipinski definition) is 3. The van der Waals surface area contributed by atoms with Crippen molar-refractivity contribution in [2.45, 2.75) is 63.7 Å². The molecule has 3 amide bonds. The molecule has 2 aromatic rings. The smallest absolute Gasteiger partial charge is 0.342 e. The van der Waals surface area contributed by atoms with Gasteiger partial charge in [-0.15, -0.1) is 0 Å². The zero-order chi connectivity index (χ0) is 26.8. The molecular formula is C28H32F3N3O3. The molecule has 1 aliphatic heterocycles. The van der Waals surface area contributed by atoms with Gasteiger partial charge in [0.25, 0.3) is 0 Å². The molecule has 0 fully saturated rings. The van der Waals surface area contributed by atoms with Crippen LogP contribution < -0.4 is 15.5 Å². The third-order valence-electron chi connectivity index (χ3n) is 6.15. The van der Waals surface area contributed by atoms with Crippen LogP contribution in [0.4, 0.5) is 18.9 Å². The van der Waals surface area contributed by atoms with Crippen molar-refractivity contribution in [3.05, 3.63) is 77.9 Å². The molecule has 0 unspecified atom stereocenters. The van der Waals surface area contributed by atoms with Crippen LogP contribution in [0.15, 0.2) is 66.7 Å². The molecule has 1 heterocycles. The number of fused-ring (bicyclic) bond motifs is 1. The number of nitrogens with one attached hydrogen (secondary N) is 2. The van der Waals surface area contributed by atoms with Crippen LogP contribution in [0.1, 0.15) is 43.7 Å². The van der Waals surface area contributed by atoms with Gasteiger partial charge in [-0.05, 0) is 42.9 Å². The van der Waals surface area contributed by atoms with Crippen LogP contribution in [0.3, 0.4) is 0 Å². The van der Waals surface area contributed by atoms with Gasteiger partial charge in [0.05, 0.1) is 0 Å². The van der Waals surface area contributed by atoms with Crippen molar-refractivity contribution in [1.29, 1.82) is 0 Å². The first-order valence-electron chi connectivity index (χ1n) is 12.5. The molecule has 0 saturated carbocycles. The van der Waals surface area contributed by atoms with E-state index in [-0.39, 0.29) is 18.7 Å². The summed E-state index contributed by atoms with van der Waals surface area (Å²) in [5.41, 5.74) is 2.36. The molecule has 0 bridgehead atoms. The highest BCUT2D eigenvalue weighted by molar-refractivity contribution is 6.01. The highest BCUT2D eigenvalue weighted by Gasteiger charge is 2.41. The molecule has 6 nitrogen and oxygen atoms in total. The van der Waals surface area contributed by atoms with Gasteiger partial charge < -0.3 is 15.5 Å². The van der Waals surface area contributed by atoms with E-state index in [1.165, 1.54) is 0 Å². The van der Waals surface area contributed by atoms with Crippen LogP contribution >= 0.6 is 0 Å². The molecule has 37 heavy (non-hydrogen) atoms. The highest BCUT2D eigenvalue weighted by Crippen LogP contribution is 2.27. The van der Waals surface area contributed by atoms with Gasteiger partial charge in [-0.2, -0.15) is 13.2 Å². The number of halogens is 3. The number of unbranched alkanes of at least 4 members (excludes halogenated alkanes) is 1. The Hall–Kier alpha value is -3.62. The second kappa shape index (κ2) is 13.1. The first kappa shape index (κ1) is 28.0. The van der Waals surface area contributed by atoms with Crippen molar-refractivity contribution in [2.75, 3.05) is 11.4 Å². The Bertz CT molecular complexity index is 1100. The summed E-state index contributed by atoms with van der Waals surface area (Å²) in [5.74, 6) is -3.41. The largest absolute Gasteiger partial charge is 0.471 e. The Morgan fingerprint density at radius 3 is 2.38 bits per heavy atom. The molecule has 0 aliphatic carbocycles. The quantitative estimate of drug-likeness (QED) is 0.458. The molecule has 2 atom stereocenters. The highest BCUT2D eigenvalue weighted by atomic mass is 19.4. The van der Waals surface area contributed by atoms with Gasteiger partial charge in [0, 0.05) is 18.7 Å². The summed E-state index contributed by atoms with van der Waals surface area (Å²) in [4.78, 5) is 40.2. The Morgan fingerprint density at radius 1 is 0.973 bits per heavy atom. The molecule has 0 aromatic heterocycles. The Kier molecular flexibility index (Phi) is 9.88. The number of allylic oxidation sites excluding steroid dienone is 1. The molecule has 2 aromatic carbocycles. The minimum atomic E-state index is -5.15. The zero-order valence-electron chi connectivity index (χ0n) is 20.8. The average Bonchev–Trinajstić information content (AvgIpc) is 2.89. The number of nitrogens with zero attached hydrogens (tertiary/aromatic N) is 1. The predicted molar refractivity (Wildman–Crippen MR) is 136 cm³/mol. The van der Waals surface area contributed by atoms with Gasteiger partial charge in [-0.25, -0.2) is 0 Å². The number of carbonyl (C=O) groups is 3. The lowest BCUT2D eigenvalue weighted by atomic mass is 10.00. The summed E-state index contributed by atoms with van der Waals surface area (Å²) in [6.07, 6.45) is 1.85. The van der Waals surface area contributed by atoms with Crippen molar-refractivity contribution in [3.63, 3.8) is 0 Å². The van der Waals surface area contributed by atoms with Crippen molar-refractivity contribution >= 4 is 23.4 Å². The molecule has 3 rings (SSSR count). The van der Waals surface area contributed by atoms with Gasteiger partial charge >= 0.3 is 12.1 Å². The van der Waals surface area contributed by atoms with Crippen molar-refractivity contribution < 1.29 is 27.6 Å². The lowest BCUT2D eigenvalue weighted by molar-refractivity contribution is -0.174. The van der Waals surface area contributed by atoms with Gasteiger partial charge in [-0.3, -0.25) is 14.4 Å². The Labute approximate surface area is 214 Å². The number of benzene rings is 2. The van der Waals surface area contributed by atoms with Crippen LogP contribution in [0, 0.1) is 0 Å². The average molecular weight is 516 g/mol. The fourth-order valence-corrected chi connectivity index (χ4v) is 4.26. The fraction of sp³-hybridized carbons (Fsp3) is 0.393. The van der Waals surface area contributed by atoms with E-state index in [4.69, 9.17) is 0 Å². The summed E-state index contributed by atoms with van der Waals surface area (Å²) in [6, 6.07) is 13.4. The van der Waals surface area contributed by atoms with Gasteiger partial charge in [0.2, 0.25) is 11.8 Å². The number of aryl methyl sites for hydroxylation is 1. The van der Waals surface area contributed by atoms with Crippen molar-refractivity contribution in [1.82, 2.24) is 10.6 Å². The molecular weight excluding hydrogens is 483 g/mol. The first-order valence-corrected chi connectivity index (χ1v) is 12.5. The SMILES string of the molecule is CCC/C=C/C[C@@H](NC(=O)[C@H](Cc1ccccc1)NC(=O)C(F)(F)F)C(=O)N1CCCc2ccccc21. The minimum absolute atomic E-state index is 0.159. The molecule has 9 heteroatoms. The van der Waals surface area contributed by atoms with Crippen LogP contribution in [0.2, 0.25) is 0 Å². The summed E-state index contributed by atoms with van der Waals surface area (Å²) >= 11 is 0. The number of anilines is 1. The number of para-hydroxylation sites is 1. The maximum Gasteiger partial charge on any atom is 0.471 e. The summed E-state index contributed by atoms with van der Waals surface area (Å²) < 4.78 is 39.0. The number of alkyl halides is 3. The number of carbonyl (C=O) groups excluding carboxylic acids is 3. The van der Waals surface area contributed by atoms with E-state index < -0.39 is 30.1 Å². The molecule has 1 aliphatic rings. The second-order valence-electron chi connectivity index (χ2n) is 8.99. The van der Waals surface area contributed by atoms with Gasteiger partial charge in [-0.1, -0.05) is 74.0 Å². The lowest BCUT2D eigenvalue weighted by Crippen LogP contribution is -2.56. The van der Waals surface area contributed by atoms with E-state index in [0.717, 1.165) is 36.9 Å². The predicted octanol–water partition coefficient (Wildman–Crippen LogP) is 4.49. The van der Waals surface area contributed by atoms with Gasteiger partial charge in [0.15, 0.2) is 0 Å². The minimum Gasteiger partial charge on any atom is -0.342 e. The maximum absolute atomic E-state index is 13.6. The van der Waals surface area contributed by atoms with E-state index in [1.807, 2.05) is 37.3 Å². The third kappa shape index (κ3) is 7.93. The topological polar surface area (TPSA) is 78.5 Å². The van der Waals surface area contributed by atoms with Crippen molar-refractivity contribution in [3.8, 4) is 0 Å². The molecule has 0 spiro atoms. The zero-order valence-corrected chi connectivity index (χ0v) is 20.8. The van der Waals surface area contributed by atoms with Crippen LogP contribution in [-0.2, 0) is 27.2 Å². The molecule has 0 saturated heterocycles. The van der Waals surface area contributed by atoms with E-state index >= 15 is 0 Å². The third-order valence-corrected chi connectivity index (χ3v) is 6.15. The van der Waals surface area contributed by atoms with Crippen LogP contribution in [-0.4, -0.2) is 42.5 Å². The number of rotatable bonds is 10. The molecule has 2 N–H and O–H groups in total. The summed E-state index contributed by atoms with van der Waals surface area (Å²) in [7, 11) is 0. The maximum atomic E-state index is 13.6. The molecule has 0 radical (unpaired) electrons. The number of hydrogen-bond donors (Lipinski definition) is 2. The van der Waals surface area contributed by atoms with Crippen LogP contribution in [0.25, 0.3) is 0 Å². The van der Waals surface area contributed by atoms with Gasteiger partial charge in [0.1, 0.15) is 12.1 Å². The standard InChI is InChI=1S/C28H32F3N3O3/c1-2-3-4-8-16-22(26(36)34-18-11-15-21-14-9-10-17-24(21)34)32-25(35)23(33-27(37)28(29,30)31)19-20-12-6-5-7-13-20/h4-10,12-14,17,22-23H,2-3,11,15-16,18-19H2,1H3,(H,32,35)(H,33,37)/b8-4+/t22-,23+/m1/s1. The molecule has 198 valence electrons. The van der Waals surface area contributed by atoms with E-state index in [9.17, 15) is 27.6 Å². The van der Waals surface area contributed by atoms with Crippen LogP contribution in [0.5, 0.6) is 0 Å². The monoisotopic (exact) mass is 515 g/mol. The fourth-order valence-electron chi connectivity index (χ4n) is 4.26. The van der Waals surface area contributed by atoms with E-state index in [2.05, 4.69) is 5.32 Å². The Morgan fingerprint density at radius 2 is 1.68 bits per heavy atom. The summed E-state index contributed by atoms with van der Waals surface area (Å²) in [5, 5.41) is 4.44. The normalized spacial score (nSPS) is 15.1. The van der Waals surface area contributed by atoms with E-state index in [1.54, 1.807) is 46.6 Å². The Balaban J connectivity index is 1.85. The summed E-state index contributed by atoms with van der Waals surface area (Å²) in [6.45, 7) is 2.48. The first-order chi connectivity index (χ1) is 17.7. The number of amides is 3. The lowest BCUT2D eigenvalue weighted by Gasteiger charge is -2.33. The second-order valence-corrected chi connectivity index (χ2v) is 8.99.